The summed E-state index contributed by atoms with van der Waals surface area (Å²) in [6, 6.07) is 7.36. The predicted octanol–water partition coefficient (Wildman–Crippen LogP) is 1.19. The zero-order chi connectivity index (χ0) is 26.9. The number of morpholine rings is 1. The van der Waals surface area contributed by atoms with Gasteiger partial charge in [-0.2, -0.15) is 10.2 Å². The monoisotopic (exact) mass is 532 g/mol. The third-order valence-corrected chi connectivity index (χ3v) is 7.75. The highest BCUT2D eigenvalue weighted by atomic mass is 19.1. The molecule has 2 N–H and O–H groups in total. The lowest BCUT2D eigenvalue weighted by molar-refractivity contribution is -0.0327. The molecule has 4 atom stereocenters. The van der Waals surface area contributed by atoms with Crippen molar-refractivity contribution < 1.29 is 9.13 Å². The van der Waals surface area contributed by atoms with Crippen molar-refractivity contribution >= 4 is 28.5 Å². The molecule has 3 aromatic rings. The van der Waals surface area contributed by atoms with E-state index in [2.05, 4.69) is 42.6 Å². The van der Waals surface area contributed by atoms with Crippen LogP contribution in [-0.4, -0.2) is 108 Å². The number of benzene rings is 1. The van der Waals surface area contributed by atoms with Gasteiger partial charge in [-0.15, -0.1) is 0 Å². The number of nitrogens with zero attached hydrogens (tertiary/aromatic N) is 9. The lowest BCUT2D eigenvalue weighted by Gasteiger charge is -2.42. The van der Waals surface area contributed by atoms with E-state index >= 15 is 0 Å². The second-order valence-electron chi connectivity index (χ2n) is 10.6. The Morgan fingerprint density at radius 2 is 1.74 bits per heavy atom. The molecule has 3 aliphatic rings. The number of hydrogen-bond donors (Lipinski definition) is 1. The maximum atomic E-state index is 13.9. The van der Waals surface area contributed by atoms with Crippen molar-refractivity contribution in [3.8, 4) is 6.07 Å². The van der Waals surface area contributed by atoms with Crippen molar-refractivity contribution in [2.45, 2.75) is 31.3 Å². The van der Waals surface area contributed by atoms with Crippen molar-refractivity contribution in [2.24, 2.45) is 5.73 Å². The van der Waals surface area contributed by atoms with E-state index < -0.39 is 12.2 Å². The van der Waals surface area contributed by atoms with E-state index in [1.165, 1.54) is 0 Å². The molecule has 0 bridgehead atoms. The van der Waals surface area contributed by atoms with Crippen molar-refractivity contribution in [1.82, 2.24) is 24.8 Å². The second kappa shape index (κ2) is 10.8. The molecular weight excluding hydrogens is 499 g/mol. The number of aromatic nitrogens is 4. The number of piperazine rings is 1. The zero-order valence-corrected chi connectivity index (χ0v) is 22.0. The first-order chi connectivity index (χ1) is 19.0. The number of ether oxygens (including phenoxy) is 1. The van der Waals surface area contributed by atoms with Gasteiger partial charge in [0.1, 0.15) is 29.1 Å². The van der Waals surface area contributed by atoms with Gasteiger partial charge in [-0.1, -0.05) is 0 Å². The Morgan fingerprint density at radius 1 is 0.949 bits per heavy atom. The second-order valence-corrected chi connectivity index (χ2v) is 10.6. The number of anilines is 3. The molecule has 12 heteroatoms. The highest BCUT2D eigenvalue weighted by Gasteiger charge is 2.32. The van der Waals surface area contributed by atoms with Gasteiger partial charge in [-0.25, -0.2) is 9.37 Å². The topological polar surface area (TPSA) is 124 Å². The van der Waals surface area contributed by atoms with Crippen LogP contribution in [0.15, 0.2) is 36.8 Å². The molecule has 0 radical (unpaired) electrons. The molecule has 39 heavy (non-hydrogen) atoms. The molecule has 6 rings (SSSR count). The molecule has 204 valence electrons. The van der Waals surface area contributed by atoms with Crippen molar-refractivity contribution in [3.05, 3.63) is 42.4 Å². The first-order valence-corrected chi connectivity index (χ1v) is 13.5. The summed E-state index contributed by atoms with van der Waals surface area (Å²) in [7, 11) is 0. The van der Waals surface area contributed by atoms with Crippen LogP contribution in [0.3, 0.4) is 0 Å². The number of nitrogens with two attached hydrogens (primary N) is 1. The molecule has 3 fully saturated rings. The van der Waals surface area contributed by atoms with Gasteiger partial charge in [-0.3, -0.25) is 14.9 Å². The van der Waals surface area contributed by atoms with Crippen molar-refractivity contribution in [3.63, 3.8) is 0 Å². The fraction of sp³-hybridized carbons (Fsp3) is 0.519. The number of halogens is 1. The standard InChI is InChI=1S/C27H33FN10O/c1-18-13-37(23-3-2-19(12-29)25-26(23)32-7-6-31-25)15-20(39-18)14-35-8-10-36(11-9-35)27-33-5-4-24(34-27)38-16-21(28)22(30)17-38/h2-7,18,20-22H,8-11,13-17,30H2,1H3/t18-,20+,21-,22-/m1/s1. The predicted molar refractivity (Wildman–Crippen MR) is 147 cm³/mol. The Bertz CT molecular complexity index is 1350. The highest BCUT2D eigenvalue weighted by molar-refractivity contribution is 5.92. The minimum absolute atomic E-state index is 0.0373. The quantitative estimate of drug-likeness (QED) is 0.510. The van der Waals surface area contributed by atoms with E-state index in [1.54, 1.807) is 18.6 Å². The normalized spacial score (nSPS) is 26.3. The van der Waals surface area contributed by atoms with Crippen LogP contribution in [0.4, 0.5) is 21.8 Å². The number of fused-ring (bicyclic) bond motifs is 1. The van der Waals surface area contributed by atoms with E-state index in [-0.39, 0.29) is 18.8 Å². The Labute approximate surface area is 227 Å². The molecule has 3 saturated heterocycles. The third-order valence-electron chi connectivity index (χ3n) is 7.75. The molecular formula is C27H33FN10O. The van der Waals surface area contributed by atoms with E-state index in [0.717, 1.165) is 62.8 Å². The Kier molecular flexibility index (Phi) is 7.12. The summed E-state index contributed by atoms with van der Waals surface area (Å²) < 4.78 is 20.3. The number of alkyl halides is 1. The van der Waals surface area contributed by atoms with E-state index in [0.29, 0.717) is 23.6 Å². The van der Waals surface area contributed by atoms with Crippen LogP contribution < -0.4 is 20.4 Å². The van der Waals surface area contributed by atoms with Crippen molar-refractivity contribution in [2.75, 3.05) is 73.6 Å². The first kappa shape index (κ1) is 25.6. The molecule has 0 unspecified atom stereocenters. The molecule has 5 heterocycles. The van der Waals surface area contributed by atoms with Gasteiger partial charge < -0.3 is 25.2 Å². The molecule has 0 spiro atoms. The van der Waals surface area contributed by atoms with Crippen LogP contribution >= 0.6 is 0 Å². The smallest absolute Gasteiger partial charge is 0.227 e. The van der Waals surface area contributed by atoms with Crippen LogP contribution in [0.25, 0.3) is 11.0 Å². The zero-order valence-electron chi connectivity index (χ0n) is 22.0. The summed E-state index contributed by atoms with van der Waals surface area (Å²) in [5.41, 5.74) is 8.75. The fourth-order valence-electron chi connectivity index (χ4n) is 5.79. The van der Waals surface area contributed by atoms with Crippen LogP contribution in [0.5, 0.6) is 0 Å². The summed E-state index contributed by atoms with van der Waals surface area (Å²) in [6.07, 6.45) is 4.10. The van der Waals surface area contributed by atoms with Crippen LogP contribution in [0.1, 0.15) is 12.5 Å². The minimum Gasteiger partial charge on any atom is -0.370 e. The van der Waals surface area contributed by atoms with Crippen molar-refractivity contribution in [1.29, 1.82) is 5.26 Å². The first-order valence-electron chi connectivity index (χ1n) is 13.5. The summed E-state index contributed by atoms with van der Waals surface area (Å²) in [5.74, 6) is 1.40. The molecule has 1 aromatic carbocycles. The molecule has 2 aromatic heterocycles. The average molecular weight is 533 g/mol. The largest absolute Gasteiger partial charge is 0.370 e. The Balaban J connectivity index is 1.08. The number of rotatable bonds is 5. The lowest BCUT2D eigenvalue weighted by Crippen LogP contribution is -2.54. The molecule has 0 saturated carbocycles. The fourth-order valence-corrected chi connectivity index (χ4v) is 5.79. The summed E-state index contributed by atoms with van der Waals surface area (Å²) in [4.78, 5) is 27.0. The minimum atomic E-state index is -1.03. The highest BCUT2D eigenvalue weighted by Crippen LogP contribution is 2.29. The molecule has 0 aliphatic carbocycles. The van der Waals surface area contributed by atoms with Crippen LogP contribution in [0.2, 0.25) is 0 Å². The van der Waals surface area contributed by atoms with Crippen LogP contribution in [0, 0.1) is 11.3 Å². The lowest BCUT2D eigenvalue weighted by atomic mass is 10.1. The van der Waals surface area contributed by atoms with Gasteiger partial charge in [0.15, 0.2) is 0 Å². The average Bonchev–Trinajstić information content (AvgIpc) is 3.30. The summed E-state index contributed by atoms with van der Waals surface area (Å²) >= 11 is 0. The van der Waals surface area contributed by atoms with Gasteiger partial charge in [0.05, 0.1) is 36.0 Å². The van der Waals surface area contributed by atoms with E-state index in [9.17, 15) is 9.65 Å². The number of nitriles is 1. The summed E-state index contributed by atoms with van der Waals surface area (Å²) in [6.45, 7) is 8.48. The Hall–Kier alpha value is -3.66. The molecule has 0 amide bonds. The summed E-state index contributed by atoms with van der Waals surface area (Å²) in [5, 5.41) is 9.49. The SMILES string of the molecule is C[C@@H]1CN(c2ccc(C#N)c3nccnc23)C[C@H](CN2CCN(c3nccc(N4C[C@@H](N)[C@H](F)C4)n3)CC2)O1. The van der Waals surface area contributed by atoms with E-state index in [4.69, 9.17) is 15.5 Å². The van der Waals surface area contributed by atoms with Crippen LogP contribution in [-0.2, 0) is 4.74 Å². The van der Waals surface area contributed by atoms with Gasteiger partial charge in [0.2, 0.25) is 5.95 Å². The Morgan fingerprint density at radius 3 is 2.49 bits per heavy atom. The maximum absolute atomic E-state index is 13.9. The maximum Gasteiger partial charge on any atom is 0.227 e. The molecule has 11 nitrogen and oxygen atoms in total. The van der Waals surface area contributed by atoms with Gasteiger partial charge >= 0.3 is 0 Å². The third kappa shape index (κ3) is 5.30. The molecule has 3 aliphatic heterocycles. The van der Waals surface area contributed by atoms with Gasteiger partial charge in [0.25, 0.3) is 0 Å². The van der Waals surface area contributed by atoms with Gasteiger partial charge in [0, 0.05) is 70.9 Å². The van der Waals surface area contributed by atoms with E-state index in [1.807, 2.05) is 23.1 Å². The van der Waals surface area contributed by atoms with Gasteiger partial charge in [-0.05, 0) is 25.1 Å². The number of hydrogen-bond acceptors (Lipinski definition) is 11.